The van der Waals surface area contributed by atoms with Crippen LogP contribution in [0.25, 0.3) is 0 Å². The van der Waals surface area contributed by atoms with E-state index in [0.717, 1.165) is 0 Å². The van der Waals surface area contributed by atoms with Gasteiger partial charge in [0.1, 0.15) is 5.75 Å². The number of rotatable bonds is 2. The largest absolute Gasteiger partial charge is 0.309 e. The molecule has 0 rings (SSSR count). The van der Waals surface area contributed by atoms with Crippen molar-refractivity contribution in [3.8, 4) is 0 Å². The Balaban J connectivity index is 4.35. The van der Waals surface area contributed by atoms with Crippen LogP contribution < -0.4 is 0 Å². The Labute approximate surface area is 65.8 Å². The third-order valence-corrected chi connectivity index (χ3v) is 1.75. The van der Waals surface area contributed by atoms with Gasteiger partial charge >= 0.3 is 10.2 Å². The molecule has 0 saturated heterocycles. The average molecular weight is 182 g/mol. The van der Waals surface area contributed by atoms with Gasteiger partial charge in [0.05, 0.1) is 0 Å². The fourth-order valence-corrected chi connectivity index (χ4v) is 1.12. The summed E-state index contributed by atoms with van der Waals surface area (Å²) in [4.78, 5) is 10.9. The molecule has 0 radical (unpaired) electrons. The molecular formula is C6H11FO3S. The van der Waals surface area contributed by atoms with Crippen LogP contribution in [0.2, 0.25) is 0 Å². The Kier molecular flexibility index (Phi) is 2.77. The fourth-order valence-electron chi connectivity index (χ4n) is 0.373. The lowest BCUT2D eigenvalue weighted by atomic mass is 9.92. The molecule has 11 heavy (non-hydrogen) atoms. The average Bonchev–Trinajstić information content (AvgIpc) is 1.56. The van der Waals surface area contributed by atoms with Crippen LogP contribution in [0.5, 0.6) is 0 Å². The molecule has 0 aromatic carbocycles. The van der Waals surface area contributed by atoms with E-state index in [-0.39, 0.29) is 0 Å². The highest BCUT2D eigenvalue weighted by Gasteiger charge is 2.26. The fraction of sp³-hybridized carbons (Fsp3) is 0.833. The van der Waals surface area contributed by atoms with Gasteiger partial charge in [0.15, 0.2) is 5.78 Å². The zero-order chi connectivity index (χ0) is 9.28. The highest BCUT2D eigenvalue weighted by Crippen LogP contribution is 2.15. The molecular weight excluding hydrogens is 171 g/mol. The van der Waals surface area contributed by atoms with Gasteiger partial charge in [-0.05, 0) is 0 Å². The lowest BCUT2D eigenvalue weighted by Gasteiger charge is -2.14. The molecule has 0 aliphatic rings. The minimum Gasteiger partial charge on any atom is -0.298 e. The summed E-state index contributed by atoms with van der Waals surface area (Å²) in [6, 6.07) is 0. The predicted octanol–water partition coefficient (Wildman–Crippen LogP) is 0.901. The van der Waals surface area contributed by atoms with Crippen LogP contribution in [0, 0.1) is 5.41 Å². The molecule has 0 spiro atoms. The summed E-state index contributed by atoms with van der Waals surface area (Å²) in [5.41, 5.74) is -0.792. The molecule has 0 aliphatic heterocycles. The molecule has 3 nitrogen and oxygen atoms in total. The van der Waals surface area contributed by atoms with Gasteiger partial charge in [-0.2, -0.15) is 8.42 Å². The molecule has 0 saturated carbocycles. The first-order valence-corrected chi connectivity index (χ1v) is 4.64. The Morgan fingerprint density at radius 1 is 1.36 bits per heavy atom. The summed E-state index contributed by atoms with van der Waals surface area (Å²) in [5, 5.41) is 0. The number of hydrogen-bond donors (Lipinski definition) is 0. The van der Waals surface area contributed by atoms with Crippen LogP contribution in [0.1, 0.15) is 20.8 Å². The van der Waals surface area contributed by atoms with Crippen LogP contribution in [0.3, 0.4) is 0 Å². The summed E-state index contributed by atoms with van der Waals surface area (Å²) < 4.78 is 31.9. The standard InChI is InChI=1S/C6H11FO3S/c1-6(2,3)5(8)4-11(7,9)10/h4H2,1-3H3. The quantitative estimate of drug-likeness (QED) is 0.596. The summed E-state index contributed by atoms with van der Waals surface area (Å²) >= 11 is 0. The number of carbonyl (C=O) groups excluding carboxylic acids is 1. The third kappa shape index (κ3) is 4.89. The van der Waals surface area contributed by atoms with Gasteiger partial charge in [0, 0.05) is 5.41 Å². The smallest absolute Gasteiger partial charge is 0.298 e. The molecule has 66 valence electrons. The van der Waals surface area contributed by atoms with E-state index >= 15 is 0 Å². The van der Waals surface area contributed by atoms with Gasteiger partial charge in [-0.15, -0.1) is 3.89 Å². The first-order valence-electron chi connectivity index (χ1n) is 3.08. The third-order valence-electron chi connectivity index (χ3n) is 1.14. The van der Waals surface area contributed by atoms with Crippen molar-refractivity contribution in [1.29, 1.82) is 0 Å². The Morgan fingerprint density at radius 3 is 1.82 bits per heavy atom. The zero-order valence-electron chi connectivity index (χ0n) is 6.72. The van der Waals surface area contributed by atoms with E-state index in [1.54, 1.807) is 20.8 Å². The molecule has 0 unspecified atom stereocenters. The van der Waals surface area contributed by atoms with E-state index in [0.29, 0.717) is 0 Å². The van der Waals surface area contributed by atoms with E-state index in [9.17, 15) is 17.1 Å². The molecule has 0 heterocycles. The summed E-state index contributed by atoms with van der Waals surface area (Å²) in [6.45, 7) is 4.63. The van der Waals surface area contributed by atoms with Crippen molar-refractivity contribution in [3.05, 3.63) is 0 Å². The first-order chi connectivity index (χ1) is 4.63. The van der Waals surface area contributed by atoms with Crippen molar-refractivity contribution in [2.75, 3.05) is 5.75 Å². The highest BCUT2D eigenvalue weighted by molar-refractivity contribution is 7.87. The number of hydrogen-bond acceptors (Lipinski definition) is 3. The van der Waals surface area contributed by atoms with Crippen molar-refractivity contribution in [1.82, 2.24) is 0 Å². The van der Waals surface area contributed by atoms with Gasteiger partial charge < -0.3 is 0 Å². The van der Waals surface area contributed by atoms with Gasteiger partial charge in [0.2, 0.25) is 0 Å². The van der Waals surface area contributed by atoms with Crippen LogP contribution in [-0.4, -0.2) is 20.0 Å². The van der Waals surface area contributed by atoms with Crippen molar-refractivity contribution in [3.63, 3.8) is 0 Å². The molecule has 0 fully saturated rings. The molecule has 0 amide bonds. The van der Waals surface area contributed by atoms with Crippen LogP contribution in [0.15, 0.2) is 0 Å². The molecule has 0 aliphatic carbocycles. The summed E-state index contributed by atoms with van der Waals surface area (Å²) in [7, 11) is -4.66. The monoisotopic (exact) mass is 182 g/mol. The van der Waals surface area contributed by atoms with E-state index in [4.69, 9.17) is 0 Å². The minimum absolute atomic E-state index is 0.611. The van der Waals surface area contributed by atoms with Crippen LogP contribution in [0.4, 0.5) is 3.89 Å². The van der Waals surface area contributed by atoms with Crippen LogP contribution >= 0.6 is 0 Å². The number of halogens is 1. The molecule has 0 atom stereocenters. The van der Waals surface area contributed by atoms with E-state index in [2.05, 4.69) is 0 Å². The summed E-state index contributed by atoms with van der Waals surface area (Å²) in [5.74, 6) is -1.63. The van der Waals surface area contributed by atoms with Crippen molar-refractivity contribution in [2.45, 2.75) is 20.8 Å². The first kappa shape index (κ1) is 10.6. The Bertz CT molecular complexity index is 247. The maximum atomic E-state index is 11.9. The van der Waals surface area contributed by atoms with E-state index < -0.39 is 27.2 Å². The summed E-state index contributed by atoms with van der Waals surface area (Å²) in [6.07, 6.45) is 0. The zero-order valence-corrected chi connectivity index (χ0v) is 7.53. The van der Waals surface area contributed by atoms with Crippen LogP contribution in [-0.2, 0) is 15.0 Å². The second-order valence-electron chi connectivity index (χ2n) is 3.36. The molecule has 0 N–H and O–H groups in total. The van der Waals surface area contributed by atoms with Gasteiger partial charge in [0.25, 0.3) is 0 Å². The van der Waals surface area contributed by atoms with Crippen molar-refractivity contribution in [2.24, 2.45) is 5.41 Å². The number of Topliss-reactive ketones (excluding diaryl/α,β-unsaturated/α-hetero) is 1. The number of ketones is 1. The SMILES string of the molecule is CC(C)(C)C(=O)CS(=O)(=O)F. The van der Waals surface area contributed by atoms with E-state index in [1.807, 2.05) is 0 Å². The highest BCUT2D eigenvalue weighted by atomic mass is 32.3. The van der Waals surface area contributed by atoms with Gasteiger partial charge in [-0.1, -0.05) is 20.8 Å². The Morgan fingerprint density at radius 2 is 1.73 bits per heavy atom. The second kappa shape index (κ2) is 2.89. The lowest BCUT2D eigenvalue weighted by Crippen LogP contribution is -2.26. The predicted molar refractivity (Wildman–Crippen MR) is 39.4 cm³/mol. The van der Waals surface area contributed by atoms with Crippen molar-refractivity contribution >= 4 is 16.0 Å². The molecule has 0 aromatic rings. The maximum absolute atomic E-state index is 11.9. The second-order valence-corrected chi connectivity index (χ2v) is 4.72. The van der Waals surface area contributed by atoms with E-state index in [1.165, 1.54) is 0 Å². The van der Waals surface area contributed by atoms with Crippen molar-refractivity contribution < 1.29 is 17.1 Å². The molecule has 5 heteroatoms. The maximum Gasteiger partial charge on any atom is 0.309 e. The Hall–Kier alpha value is -0.450. The van der Waals surface area contributed by atoms with Gasteiger partial charge in [-0.25, -0.2) is 0 Å². The molecule has 0 bridgehead atoms. The molecule has 0 aromatic heterocycles. The van der Waals surface area contributed by atoms with Gasteiger partial charge in [-0.3, -0.25) is 4.79 Å². The topological polar surface area (TPSA) is 51.2 Å². The lowest BCUT2D eigenvalue weighted by molar-refractivity contribution is -0.123. The number of carbonyl (C=O) groups is 1. The minimum atomic E-state index is -4.66. The normalized spacial score (nSPS) is 13.1.